The first kappa shape index (κ1) is 21.9. The Balaban J connectivity index is 1.57. The minimum atomic E-state index is -1.72. The number of aliphatic hydroxyl groups excluding tert-OH is 1. The summed E-state index contributed by atoms with van der Waals surface area (Å²) in [6, 6.07) is 1.56. The largest absolute Gasteiger partial charge is 0.507 e. The SMILES string of the molecule is COc1cc(-c2nnc(C3CCN(C)CC3)o2)c(Cl)c2c1C(=O)[C@@]1(O2)C(O)=CC(=O)C[C@H]1C. The molecular weight excluding hydrogens is 450 g/mol. The molecule has 0 amide bonds. The van der Waals surface area contributed by atoms with Gasteiger partial charge in [0.2, 0.25) is 23.2 Å². The summed E-state index contributed by atoms with van der Waals surface area (Å²) in [5, 5.41) is 19.1. The first-order valence-electron chi connectivity index (χ1n) is 10.9. The molecule has 5 rings (SSSR count). The third kappa shape index (κ3) is 3.25. The summed E-state index contributed by atoms with van der Waals surface area (Å²) in [4.78, 5) is 27.6. The van der Waals surface area contributed by atoms with Gasteiger partial charge in [-0.2, -0.15) is 0 Å². The van der Waals surface area contributed by atoms with Crippen LogP contribution in [-0.4, -0.2) is 64.6 Å². The van der Waals surface area contributed by atoms with Crippen LogP contribution < -0.4 is 9.47 Å². The molecule has 174 valence electrons. The highest BCUT2D eigenvalue weighted by atomic mass is 35.5. The van der Waals surface area contributed by atoms with E-state index in [0.717, 1.165) is 32.0 Å². The standard InChI is InChI=1S/C23H24ClN3O6/c1-11-8-13(28)9-16(29)23(11)20(30)17-15(31-3)10-14(18(24)19(17)33-23)22-26-25-21(32-22)12-4-6-27(2)7-5-12/h9-12,29H,4-8H2,1-3H3/t11-,23+/m1/s1. The number of fused-ring (bicyclic) bond motifs is 1. The van der Waals surface area contributed by atoms with Gasteiger partial charge in [-0.15, -0.1) is 10.2 Å². The monoisotopic (exact) mass is 473 g/mol. The summed E-state index contributed by atoms with van der Waals surface area (Å²) in [6.45, 7) is 3.58. The van der Waals surface area contributed by atoms with Crippen molar-refractivity contribution >= 4 is 23.2 Å². The Bertz CT molecular complexity index is 1180. The van der Waals surface area contributed by atoms with Crippen LogP contribution in [-0.2, 0) is 4.79 Å². The van der Waals surface area contributed by atoms with Gasteiger partial charge < -0.3 is 23.9 Å². The van der Waals surface area contributed by atoms with Crippen molar-refractivity contribution in [2.45, 2.75) is 37.7 Å². The summed E-state index contributed by atoms with van der Waals surface area (Å²) in [5.74, 6) is -0.633. The molecule has 1 fully saturated rings. The molecule has 1 N–H and O–H groups in total. The van der Waals surface area contributed by atoms with Crippen molar-refractivity contribution in [3.05, 3.63) is 34.4 Å². The van der Waals surface area contributed by atoms with E-state index in [4.69, 9.17) is 25.5 Å². The van der Waals surface area contributed by atoms with Crippen LogP contribution in [0.5, 0.6) is 11.5 Å². The fraction of sp³-hybridized carbons (Fsp3) is 0.478. The van der Waals surface area contributed by atoms with Gasteiger partial charge in [-0.25, -0.2) is 0 Å². The van der Waals surface area contributed by atoms with Crippen molar-refractivity contribution < 1.29 is 28.6 Å². The lowest BCUT2D eigenvalue weighted by Gasteiger charge is -2.34. The van der Waals surface area contributed by atoms with Gasteiger partial charge in [-0.1, -0.05) is 18.5 Å². The van der Waals surface area contributed by atoms with E-state index >= 15 is 0 Å². The van der Waals surface area contributed by atoms with E-state index in [2.05, 4.69) is 22.1 Å². The number of ether oxygens (including phenoxy) is 2. The Morgan fingerprint density at radius 2 is 2.00 bits per heavy atom. The summed E-state index contributed by atoms with van der Waals surface area (Å²) in [5.41, 5.74) is -1.24. The third-order valence-corrected chi connectivity index (χ3v) is 7.23. The van der Waals surface area contributed by atoms with Crippen LogP contribution in [0.2, 0.25) is 5.02 Å². The molecule has 0 unspecified atom stereocenters. The number of benzene rings is 1. The van der Waals surface area contributed by atoms with Gasteiger partial charge in [-0.3, -0.25) is 9.59 Å². The molecule has 1 spiro atoms. The highest BCUT2D eigenvalue weighted by Crippen LogP contribution is 2.53. The molecule has 3 heterocycles. The normalized spacial score (nSPS) is 25.8. The second-order valence-electron chi connectivity index (χ2n) is 8.94. The molecule has 0 radical (unpaired) electrons. The zero-order chi connectivity index (χ0) is 23.5. The van der Waals surface area contributed by atoms with Crippen LogP contribution in [0.15, 0.2) is 22.3 Å². The number of aromatic nitrogens is 2. The number of Topliss-reactive ketones (excluding diaryl/α,β-unsaturated/α-hetero) is 1. The minimum absolute atomic E-state index is 0.0557. The van der Waals surface area contributed by atoms with Crippen molar-refractivity contribution in [2.75, 3.05) is 27.2 Å². The highest BCUT2D eigenvalue weighted by Gasteiger charge is 2.59. The number of likely N-dealkylation sites (tertiary alicyclic amines) is 1. The molecule has 33 heavy (non-hydrogen) atoms. The molecule has 2 aromatic rings. The van der Waals surface area contributed by atoms with E-state index in [9.17, 15) is 14.7 Å². The van der Waals surface area contributed by atoms with Gasteiger partial charge >= 0.3 is 0 Å². The highest BCUT2D eigenvalue weighted by molar-refractivity contribution is 6.36. The van der Waals surface area contributed by atoms with Crippen LogP contribution in [0, 0.1) is 5.92 Å². The van der Waals surface area contributed by atoms with Crippen LogP contribution in [0.1, 0.15) is 48.4 Å². The predicted octanol–water partition coefficient (Wildman–Crippen LogP) is 3.57. The van der Waals surface area contributed by atoms with Crippen molar-refractivity contribution in [3.8, 4) is 23.0 Å². The maximum atomic E-state index is 13.5. The molecule has 3 aliphatic rings. The second kappa shape index (κ2) is 7.85. The lowest BCUT2D eigenvalue weighted by atomic mass is 9.75. The Labute approximate surface area is 195 Å². The summed E-state index contributed by atoms with van der Waals surface area (Å²) < 4.78 is 17.5. The fourth-order valence-electron chi connectivity index (χ4n) is 4.90. The first-order valence-corrected chi connectivity index (χ1v) is 11.2. The number of hydrogen-bond donors (Lipinski definition) is 1. The third-order valence-electron chi connectivity index (χ3n) is 6.85. The predicted molar refractivity (Wildman–Crippen MR) is 118 cm³/mol. The maximum absolute atomic E-state index is 13.5. The molecular formula is C23H24ClN3O6. The van der Waals surface area contributed by atoms with E-state index in [1.165, 1.54) is 7.11 Å². The van der Waals surface area contributed by atoms with Crippen LogP contribution in [0.25, 0.3) is 11.5 Å². The zero-order valence-corrected chi connectivity index (χ0v) is 19.3. The van der Waals surface area contributed by atoms with Crippen molar-refractivity contribution in [1.29, 1.82) is 0 Å². The van der Waals surface area contributed by atoms with E-state index in [-0.39, 0.29) is 46.1 Å². The van der Waals surface area contributed by atoms with Gasteiger partial charge in [0.25, 0.3) is 0 Å². The molecule has 1 aromatic heterocycles. The summed E-state index contributed by atoms with van der Waals surface area (Å²) in [6.07, 6.45) is 2.93. The molecule has 0 bridgehead atoms. The van der Waals surface area contributed by atoms with E-state index < -0.39 is 23.1 Å². The number of halogens is 1. The summed E-state index contributed by atoms with van der Waals surface area (Å²) >= 11 is 6.69. The first-order chi connectivity index (χ1) is 15.8. The number of hydrogen-bond acceptors (Lipinski definition) is 9. The fourth-order valence-corrected chi connectivity index (χ4v) is 5.17. The molecule has 1 aromatic carbocycles. The second-order valence-corrected chi connectivity index (χ2v) is 9.31. The van der Waals surface area contributed by atoms with Crippen LogP contribution >= 0.6 is 11.6 Å². The average molecular weight is 474 g/mol. The number of aliphatic hydroxyl groups is 1. The number of rotatable bonds is 3. The number of carbonyl (C=O) groups excluding carboxylic acids is 2. The van der Waals surface area contributed by atoms with E-state index in [1.807, 2.05) is 0 Å². The van der Waals surface area contributed by atoms with Gasteiger partial charge in [0.05, 0.1) is 17.7 Å². The Morgan fingerprint density at radius 1 is 1.27 bits per heavy atom. The minimum Gasteiger partial charge on any atom is -0.507 e. The van der Waals surface area contributed by atoms with Crippen LogP contribution in [0.4, 0.5) is 0 Å². The van der Waals surface area contributed by atoms with Gasteiger partial charge in [0.1, 0.15) is 17.1 Å². The maximum Gasteiger partial charge on any atom is 0.249 e. The van der Waals surface area contributed by atoms with E-state index in [1.54, 1.807) is 13.0 Å². The van der Waals surface area contributed by atoms with Crippen molar-refractivity contribution in [2.24, 2.45) is 5.92 Å². The van der Waals surface area contributed by atoms with Crippen molar-refractivity contribution in [3.63, 3.8) is 0 Å². The lowest BCUT2D eigenvalue weighted by Crippen LogP contribution is -2.51. The molecule has 1 aliphatic carbocycles. The molecule has 2 atom stereocenters. The molecule has 9 nitrogen and oxygen atoms in total. The molecule has 10 heteroatoms. The van der Waals surface area contributed by atoms with Gasteiger partial charge in [0, 0.05) is 24.3 Å². The smallest absolute Gasteiger partial charge is 0.249 e. The number of nitrogens with zero attached hydrogens (tertiary/aromatic N) is 3. The molecule has 2 aliphatic heterocycles. The Hall–Kier alpha value is -2.91. The average Bonchev–Trinajstić information content (AvgIpc) is 3.38. The molecule has 1 saturated heterocycles. The van der Waals surface area contributed by atoms with Crippen LogP contribution in [0.3, 0.4) is 0 Å². The zero-order valence-electron chi connectivity index (χ0n) is 18.6. The van der Waals surface area contributed by atoms with Gasteiger partial charge in [0.15, 0.2) is 11.5 Å². The van der Waals surface area contributed by atoms with Gasteiger partial charge in [-0.05, 0) is 39.0 Å². The quantitative estimate of drug-likeness (QED) is 0.714. The molecule has 0 saturated carbocycles. The summed E-state index contributed by atoms with van der Waals surface area (Å²) in [7, 11) is 3.50. The Kier molecular flexibility index (Phi) is 5.21. The van der Waals surface area contributed by atoms with Crippen molar-refractivity contribution in [1.82, 2.24) is 15.1 Å². The number of ketones is 2. The lowest BCUT2D eigenvalue weighted by molar-refractivity contribution is -0.118. The van der Waals surface area contributed by atoms with E-state index in [0.29, 0.717) is 11.5 Å². The topological polar surface area (TPSA) is 115 Å². The number of carbonyl (C=O) groups is 2. The number of piperidine rings is 1. The Morgan fingerprint density at radius 3 is 2.67 bits per heavy atom. The number of methoxy groups -OCH3 is 1. The number of allylic oxidation sites excluding steroid dienone is 1.